The smallest absolute Gasteiger partial charge is 0.115 e. The molecular formula is C26H36N4O2. The zero-order valence-corrected chi connectivity index (χ0v) is 19.2. The van der Waals surface area contributed by atoms with Gasteiger partial charge >= 0.3 is 0 Å². The van der Waals surface area contributed by atoms with E-state index < -0.39 is 5.60 Å². The second kappa shape index (κ2) is 7.57. The SMILES string of the molecule is Cc1ccnn1CCN1CC[C@]23CCN(CC4CC4)[C@H](Cc4ccc(O)cc42)[C@]3(O)CC1. The number of aryl methyl sites for hydroxylation is 1. The van der Waals surface area contributed by atoms with Crippen LogP contribution in [0.4, 0.5) is 0 Å². The van der Waals surface area contributed by atoms with E-state index in [9.17, 15) is 10.2 Å². The van der Waals surface area contributed by atoms with Gasteiger partial charge in [0.2, 0.25) is 0 Å². The Bertz CT molecular complexity index is 1000. The van der Waals surface area contributed by atoms with Gasteiger partial charge in [0.25, 0.3) is 0 Å². The van der Waals surface area contributed by atoms with Gasteiger partial charge in [0.1, 0.15) is 5.75 Å². The number of phenolic OH excluding ortho intramolecular Hbond substituents is 1. The van der Waals surface area contributed by atoms with Gasteiger partial charge in [-0.2, -0.15) is 5.10 Å². The molecule has 172 valence electrons. The van der Waals surface area contributed by atoms with Crippen molar-refractivity contribution in [1.29, 1.82) is 0 Å². The van der Waals surface area contributed by atoms with Crippen LogP contribution < -0.4 is 0 Å². The maximum Gasteiger partial charge on any atom is 0.115 e. The second-order valence-corrected chi connectivity index (χ2v) is 10.8. The number of piperidine rings is 1. The molecule has 6 nitrogen and oxygen atoms in total. The number of aromatic hydroxyl groups is 1. The van der Waals surface area contributed by atoms with Crippen molar-refractivity contribution in [3.8, 4) is 5.75 Å². The Morgan fingerprint density at radius 1 is 1.06 bits per heavy atom. The monoisotopic (exact) mass is 436 g/mol. The average molecular weight is 437 g/mol. The van der Waals surface area contributed by atoms with Gasteiger partial charge in [-0.25, -0.2) is 0 Å². The molecule has 1 saturated carbocycles. The summed E-state index contributed by atoms with van der Waals surface area (Å²) in [5.41, 5.74) is 2.74. The van der Waals surface area contributed by atoms with Gasteiger partial charge in [0, 0.05) is 43.0 Å². The van der Waals surface area contributed by atoms with E-state index in [1.54, 1.807) is 0 Å². The summed E-state index contributed by atoms with van der Waals surface area (Å²) in [5.74, 6) is 1.15. The third-order valence-corrected chi connectivity index (χ3v) is 9.08. The van der Waals surface area contributed by atoms with Crippen LogP contribution in [-0.4, -0.2) is 74.2 Å². The fourth-order valence-corrected chi connectivity index (χ4v) is 7.00. The standard InChI is InChI=1S/C26H36N4O2/c1-19-6-10-27-30(19)15-14-28-11-7-25-8-13-29(18-20-2-3-20)24(26(25,32)9-12-28)16-21-4-5-22(31)17-23(21)25/h4-6,10,17,20,24,31-32H,2-3,7-9,11-16,18H2,1H3/t24-,25+,26-/m1/s1. The molecule has 4 aliphatic rings. The number of fused-ring (bicyclic) bond motifs is 1. The van der Waals surface area contributed by atoms with Crippen LogP contribution in [0.15, 0.2) is 30.5 Å². The van der Waals surface area contributed by atoms with Crippen molar-refractivity contribution >= 4 is 0 Å². The molecule has 6 rings (SSSR count). The Labute approximate surface area is 190 Å². The molecule has 3 atom stereocenters. The summed E-state index contributed by atoms with van der Waals surface area (Å²) in [5, 5.41) is 27.3. The van der Waals surface area contributed by atoms with E-state index in [1.807, 2.05) is 18.3 Å². The molecule has 0 spiro atoms. The summed E-state index contributed by atoms with van der Waals surface area (Å²) in [6.45, 7) is 8.04. The molecule has 0 unspecified atom stereocenters. The van der Waals surface area contributed by atoms with Gasteiger partial charge in [-0.1, -0.05) is 6.07 Å². The lowest BCUT2D eigenvalue weighted by molar-refractivity contribution is -0.149. The summed E-state index contributed by atoms with van der Waals surface area (Å²) in [4.78, 5) is 5.14. The van der Waals surface area contributed by atoms with E-state index in [0.717, 1.165) is 70.9 Å². The Morgan fingerprint density at radius 3 is 2.66 bits per heavy atom. The highest BCUT2D eigenvalue weighted by Crippen LogP contribution is 2.56. The van der Waals surface area contributed by atoms with Crippen molar-refractivity contribution in [1.82, 2.24) is 19.6 Å². The molecule has 2 aliphatic carbocycles. The lowest BCUT2D eigenvalue weighted by Crippen LogP contribution is -2.71. The quantitative estimate of drug-likeness (QED) is 0.755. The fraction of sp³-hybridized carbons (Fsp3) is 0.654. The first kappa shape index (κ1) is 20.7. The van der Waals surface area contributed by atoms with Gasteiger partial charge in [-0.05, 0) is 93.8 Å². The maximum absolute atomic E-state index is 12.5. The zero-order chi connectivity index (χ0) is 21.9. The normalized spacial score (nSPS) is 32.9. The number of aliphatic hydroxyl groups is 1. The molecular weight excluding hydrogens is 400 g/mol. The summed E-state index contributed by atoms with van der Waals surface area (Å²) in [7, 11) is 0. The fourth-order valence-electron chi connectivity index (χ4n) is 7.00. The number of hydrogen-bond donors (Lipinski definition) is 2. The number of hydrogen-bond acceptors (Lipinski definition) is 5. The van der Waals surface area contributed by atoms with Crippen molar-refractivity contribution in [2.75, 3.05) is 32.7 Å². The van der Waals surface area contributed by atoms with Crippen molar-refractivity contribution < 1.29 is 10.2 Å². The second-order valence-electron chi connectivity index (χ2n) is 10.8. The largest absolute Gasteiger partial charge is 0.508 e. The van der Waals surface area contributed by atoms with Gasteiger partial charge in [0.05, 0.1) is 12.1 Å². The van der Waals surface area contributed by atoms with Crippen molar-refractivity contribution in [3.05, 3.63) is 47.3 Å². The first-order valence-electron chi connectivity index (χ1n) is 12.5. The van der Waals surface area contributed by atoms with Crippen molar-refractivity contribution in [3.63, 3.8) is 0 Å². The van der Waals surface area contributed by atoms with Crippen LogP contribution >= 0.6 is 0 Å². The van der Waals surface area contributed by atoms with Gasteiger partial charge in [-0.3, -0.25) is 9.58 Å². The number of phenols is 1. The van der Waals surface area contributed by atoms with E-state index in [0.29, 0.717) is 5.75 Å². The lowest BCUT2D eigenvalue weighted by Gasteiger charge is -2.61. The minimum atomic E-state index is -0.739. The minimum absolute atomic E-state index is 0.183. The summed E-state index contributed by atoms with van der Waals surface area (Å²) in [6, 6.07) is 8.15. The Balaban J connectivity index is 1.32. The number of rotatable bonds is 5. The van der Waals surface area contributed by atoms with Gasteiger partial charge in [0.15, 0.2) is 0 Å². The van der Waals surface area contributed by atoms with Crippen LogP contribution in [0, 0.1) is 12.8 Å². The lowest BCUT2D eigenvalue weighted by atomic mass is 9.52. The van der Waals surface area contributed by atoms with E-state index in [-0.39, 0.29) is 11.5 Å². The highest BCUT2D eigenvalue weighted by Gasteiger charge is 2.63. The number of nitrogens with zero attached hydrogens (tertiary/aromatic N) is 4. The molecule has 2 saturated heterocycles. The molecule has 32 heavy (non-hydrogen) atoms. The molecule has 2 N–H and O–H groups in total. The van der Waals surface area contributed by atoms with Crippen LogP contribution in [0.5, 0.6) is 5.75 Å². The van der Waals surface area contributed by atoms with E-state index in [4.69, 9.17) is 0 Å². The topological polar surface area (TPSA) is 64.8 Å². The first-order valence-corrected chi connectivity index (χ1v) is 12.5. The summed E-state index contributed by atoms with van der Waals surface area (Å²) in [6.07, 6.45) is 8.19. The average Bonchev–Trinajstić information content (AvgIpc) is 3.52. The molecule has 2 aromatic rings. The predicted octanol–water partition coefficient (Wildman–Crippen LogP) is 2.70. The molecule has 2 bridgehead atoms. The molecule has 3 fully saturated rings. The number of benzene rings is 1. The molecule has 0 amide bonds. The number of aromatic nitrogens is 2. The molecule has 3 heterocycles. The number of likely N-dealkylation sites (tertiary alicyclic amines) is 2. The van der Waals surface area contributed by atoms with Gasteiger partial charge in [-0.15, -0.1) is 0 Å². The van der Waals surface area contributed by atoms with Gasteiger partial charge < -0.3 is 15.1 Å². The highest BCUT2D eigenvalue weighted by molar-refractivity contribution is 5.48. The van der Waals surface area contributed by atoms with Crippen LogP contribution in [-0.2, 0) is 18.4 Å². The zero-order valence-electron chi connectivity index (χ0n) is 19.2. The first-order chi connectivity index (χ1) is 15.5. The molecule has 1 aromatic carbocycles. The van der Waals surface area contributed by atoms with E-state index in [2.05, 4.69) is 38.6 Å². The molecule has 6 heteroatoms. The summed E-state index contributed by atoms with van der Waals surface area (Å²) >= 11 is 0. The van der Waals surface area contributed by atoms with Crippen molar-refractivity contribution in [2.24, 2.45) is 5.92 Å². The molecule has 2 aliphatic heterocycles. The maximum atomic E-state index is 12.5. The Hall–Kier alpha value is -1.89. The van der Waals surface area contributed by atoms with Crippen LogP contribution in [0.3, 0.4) is 0 Å². The summed E-state index contributed by atoms with van der Waals surface area (Å²) < 4.78 is 2.08. The highest BCUT2D eigenvalue weighted by atomic mass is 16.3. The van der Waals surface area contributed by atoms with E-state index in [1.165, 1.54) is 29.7 Å². The Kier molecular flexibility index (Phi) is 4.90. The Morgan fingerprint density at radius 2 is 1.88 bits per heavy atom. The van der Waals surface area contributed by atoms with E-state index >= 15 is 0 Å². The van der Waals surface area contributed by atoms with Crippen LogP contribution in [0.1, 0.15) is 48.9 Å². The van der Waals surface area contributed by atoms with Crippen molar-refractivity contribution in [2.45, 2.75) is 69.1 Å². The molecule has 0 radical (unpaired) electrons. The minimum Gasteiger partial charge on any atom is -0.508 e. The third-order valence-electron chi connectivity index (χ3n) is 9.08. The van der Waals surface area contributed by atoms with Crippen LogP contribution in [0.25, 0.3) is 0 Å². The third kappa shape index (κ3) is 3.22. The van der Waals surface area contributed by atoms with Crippen LogP contribution in [0.2, 0.25) is 0 Å². The predicted molar refractivity (Wildman–Crippen MR) is 124 cm³/mol. The molecule has 1 aromatic heterocycles.